The number of thiazole rings is 1. The van der Waals surface area contributed by atoms with E-state index in [1.807, 2.05) is 24.3 Å². The van der Waals surface area contributed by atoms with E-state index in [1.54, 1.807) is 24.1 Å². The topological polar surface area (TPSA) is 60.9 Å². The molecular weight excluding hydrogens is 388 g/mol. The molecule has 1 amide bonds. The van der Waals surface area contributed by atoms with Crippen molar-refractivity contribution in [3.8, 4) is 11.5 Å². The van der Waals surface area contributed by atoms with Gasteiger partial charge in [-0.15, -0.1) is 0 Å². The van der Waals surface area contributed by atoms with Crippen LogP contribution in [0, 0.1) is 6.92 Å². The molecule has 0 bridgehead atoms. The molecule has 1 aliphatic rings. The lowest BCUT2D eigenvalue weighted by atomic mass is 10.2. The molecule has 1 aliphatic heterocycles. The van der Waals surface area contributed by atoms with Gasteiger partial charge in [0, 0.05) is 12.7 Å². The SMILES string of the molecule is COc1cccc(OCC(=O)N(CC2CCCO2)c2nc3ccc(C)cc3s2)c1. The minimum Gasteiger partial charge on any atom is -0.497 e. The number of anilines is 1. The summed E-state index contributed by atoms with van der Waals surface area (Å²) < 4.78 is 17.8. The zero-order chi connectivity index (χ0) is 20.2. The molecule has 0 saturated carbocycles. The molecule has 3 aromatic rings. The van der Waals surface area contributed by atoms with Crippen LogP contribution in [0.4, 0.5) is 5.13 Å². The van der Waals surface area contributed by atoms with E-state index in [0.29, 0.717) is 23.2 Å². The van der Waals surface area contributed by atoms with Gasteiger partial charge in [-0.2, -0.15) is 0 Å². The van der Waals surface area contributed by atoms with E-state index in [2.05, 4.69) is 13.0 Å². The third-order valence-corrected chi connectivity index (χ3v) is 5.92. The van der Waals surface area contributed by atoms with E-state index in [4.69, 9.17) is 19.2 Å². The molecular formula is C22H24N2O4S. The molecule has 0 radical (unpaired) electrons. The lowest BCUT2D eigenvalue weighted by Gasteiger charge is -2.23. The highest BCUT2D eigenvalue weighted by Crippen LogP contribution is 2.31. The molecule has 1 atom stereocenters. The average Bonchev–Trinajstić information content (AvgIpc) is 3.39. The number of methoxy groups -OCH3 is 1. The number of aromatic nitrogens is 1. The third-order valence-electron chi connectivity index (χ3n) is 4.88. The minimum absolute atomic E-state index is 0.0320. The number of rotatable bonds is 7. The van der Waals surface area contributed by atoms with E-state index >= 15 is 0 Å². The van der Waals surface area contributed by atoms with Crippen molar-refractivity contribution in [2.24, 2.45) is 0 Å². The summed E-state index contributed by atoms with van der Waals surface area (Å²) in [5.74, 6) is 1.14. The van der Waals surface area contributed by atoms with Crippen LogP contribution in [0.1, 0.15) is 18.4 Å². The van der Waals surface area contributed by atoms with Crippen LogP contribution in [0.15, 0.2) is 42.5 Å². The first-order chi connectivity index (χ1) is 14.1. The van der Waals surface area contributed by atoms with Crippen LogP contribution in [0.25, 0.3) is 10.2 Å². The molecule has 4 rings (SSSR count). The van der Waals surface area contributed by atoms with Gasteiger partial charge in [-0.1, -0.05) is 23.5 Å². The third kappa shape index (κ3) is 4.68. The second kappa shape index (κ2) is 8.80. The fourth-order valence-electron chi connectivity index (χ4n) is 3.33. The number of ether oxygens (including phenoxy) is 3. The minimum atomic E-state index is -0.140. The normalized spacial score (nSPS) is 16.1. The van der Waals surface area contributed by atoms with Crippen molar-refractivity contribution in [3.05, 3.63) is 48.0 Å². The molecule has 0 N–H and O–H groups in total. The molecule has 152 valence electrons. The fraction of sp³-hybridized carbons (Fsp3) is 0.364. The van der Waals surface area contributed by atoms with Gasteiger partial charge >= 0.3 is 0 Å². The Morgan fingerprint density at radius 1 is 1.28 bits per heavy atom. The van der Waals surface area contributed by atoms with Crippen molar-refractivity contribution in [2.45, 2.75) is 25.9 Å². The summed E-state index contributed by atoms with van der Waals surface area (Å²) in [4.78, 5) is 19.5. The van der Waals surface area contributed by atoms with E-state index < -0.39 is 0 Å². The van der Waals surface area contributed by atoms with Crippen LogP contribution in [0.3, 0.4) is 0 Å². The van der Waals surface area contributed by atoms with Crippen molar-refractivity contribution >= 4 is 32.6 Å². The van der Waals surface area contributed by atoms with Gasteiger partial charge in [0.2, 0.25) is 0 Å². The number of carbonyl (C=O) groups excluding carboxylic acids is 1. The average molecular weight is 413 g/mol. The lowest BCUT2D eigenvalue weighted by molar-refractivity contribution is -0.120. The Labute approximate surface area is 174 Å². The first kappa shape index (κ1) is 19.7. The Morgan fingerprint density at radius 3 is 2.93 bits per heavy atom. The zero-order valence-electron chi connectivity index (χ0n) is 16.6. The number of aryl methyl sites for hydroxylation is 1. The molecule has 1 unspecified atom stereocenters. The predicted octanol–water partition coefficient (Wildman–Crippen LogP) is 4.20. The van der Waals surface area contributed by atoms with Crippen LogP contribution >= 0.6 is 11.3 Å². The van der Waals surface area contributed by atoms with Crippen LogP contribution in [-0.2, 0) is 9.53 Å². The molecule has 2 aromatic carbocycles. The summed E-state index contributed by atoms with van der Waals surface area (Å²) in [6.45, 7) is 3.20. The number of nitrogens with zero attached hydrogens (tertiary/aromatic N) is 2. The van der Waals surface area contributed by atoms with E-state index in [9.17, 15) is 4.79 Å². The van der Waals surface area contributed by atoms with Gasteiger partial charge in [0.1, 0.15) is 11.5 Å². The van der Waals surface area contributed by atoms with Crippen LogP contribution < -0.4 is 14.4 Å². The Morgan fingerprint density at radius 2 is 2.14 bits per heavy atom. The lowest BCUT2D eigenvalue weighted by Crippen LogP contribution is -2.40. The highest BCUT2D eigenvalue weighted by atomic mass is 32.1. The van der Waals surface area contributed by atoms with Gasteiger partial charge in [-0.3, -0.25) is 9.69 Å². The maximum Gasteiger partial charge on any atom is 0.266 e. The number of amides is 1. The van der Waals surface area contributed by atoms with Gasteiger partial charge < -0.3 is 14.2 Å². The largest absolute Gasteiger partial charge is 0.497 e. The summed E-state index contributed by atoms with van der Waals surface area (Å²) in [7, 11) is 1.60. The highest BCUT2D eigenvalue weighted by Gasteiger charge is 2.26. The van der Waals surface area contributed by atoms with Crippen molar-refractivity contribution < 1.29 is 19.0 Å². The molecule has 29 heavy (non-hydrogen) atoms. The molecule has 7 heteroatoms. The number of carbonyl (C=O) groups is 1. The van der Waals surface area contributed by atoms with E-state index in [1.165, 1.54) is 16.9 Å². The second-order valence-corrected chi connectivity index (χ2v) is 8.08. The van der Waals surface area contributed by atoms with Gasteiger partial charge in [0.25, 0.3) is 5.91 Å². The molecule has 6 nitrogen and oxygen atoms in total. The smallest absolute Gasteiger partial charge is 0.266 e. The molecule has 1 aromatic heterocycles. The molecule has 0 spiro atoms. The maximum absolute atomic E-state index is 13.1. The number of hydrogen-bond donors (Lipinski definition) is 0. The van der Waals surface area contributed by atoms with Crippen molar-refractivity contribution in [2.75, 3.05) is 31.8 Å². The second-order valence-electron chi connectivity index (χ2n) is 7.07. The first-order valence-corrected chi connectivity index (χ1v) is 10.5. The van der Waals surface area contributed by atoms with Gasteiger partial charge in [0.05, 0.1) is 30.0 Å². The quantitative estimate of drug-likeness (QED) is 0.582. The predicted molar refractivity (Wildman–Crippen MR) is 114 cm³/mol. The highest BCUT2D eigenvalue weighted by molar-refractivity contribution is 7.22. The monoisotopic (exact) mass is 412 g/mol. The molecule has 1 saturated heterocycles. The van der Waals surface area contributed by atoms with E-state index in [-0.39, 0.29) is 18.6 Å². The van der Waals surface area contributed by atoms with Crippen LogP contribution in [0.5, 0.6) is 11.5 Å². The number of hydrogen-bond acceptors (Lipinski definition) is 6. The van der Waals surface area contributed by atoms with Crippen molar-refractivity contribution in [1.82, 2.24) is 4.98 Å². The fourth-order valence-corrected chi connectivity index (χ4v) is 4.42. The van der Waals surface area contributed by atoms with Gasteiger partial charge in [-0.25, -0.2) is 4.98 Å². The maximum atomic E-state index is 13.1. The molecule has 0 aliphatic carbocycles. The molecule has 1 fully saturated rings. The van der Waals surface area contributed by atoms with Crippen LogP contribution in [-0.4, -0.2) is 43.9 Å². The Bertz CT molecular complexity index is 997. The van der Waals surface area contributed by atoms with Crippen LogP contribution in [0.2, 0.25) is 0 Å². The van der Waals surface area contributed by atoms with E-state index in [0.717, 1.165) is 29.7 Å². The summed E-state index contributed by atoms with van der Waals surface area (Å²) in [6.07, 6.45) is 2.00. The molecule has 2 heterocycles. The summed E-state index contributed by atoms with van der Waals surface area (Å²) in [5, 5.41) is 0.681. The Balaban J connectivity index is 1.54. The standard InChI is InChI=1S/C22H24N2O4S/c1-15-8-9-19-20(11-15)29-22(23-19)24(13-18-7-4-10-27-18)21(25)14-28-17-6-3-5-16(12-17)26-2/h3,5-6,8-9,11-12,18H,4,7,10,13-14H2,1-2H3. The summed E-state index contributed by atoms with van der Waals surface area (Å²) >= 11 is 1.52. The Hall–Kier alpha value is -2.64. The summed E-state index contributed by atoms with van der Waals surface area (Å²) in [5.41, 5.74) is 2.07. The zero-order valence-corrected chi connectivity index (χ0v) is 17.4. The number of fused-ring (bicyclic) bond motifs is 1. The summed E-state index contributed by atoms with van der Waals surface area (Å²) in [6, 6.07) is 13.4. The number of benzene rings is 2. The van der Waals surface area contributed by atoms with Gasteiger partial charge in [0.15, 0.2) is 11.7 Å². The van der Waals surface area contributed by atoms with Gasteiger partial charge in [-0.05, 0) is 49.6 Å². The van der Waals surface area contributed by atoms with Crippen molar-refractivity contribution in [3.63, 3.8) is 0 Å². The first-order valence-electron chi connectivity index (χ1n) is 9.68. The van der Waals surface area contributed by atoms with Crippen molar-refractivity contribution in [1.29, 1.82) is 0 Å². The Kier molecular flexibility index (Phi) is 5.97.